The summed E-state index contributed by atoms with van der Waals surface area (Å²) in [6.45, 7) is 1.29. The van der Waals surface area contributed by atoms with Crippen molar-refractivity contribution >= 4 is 11.9 Å². The number of nitrogens with zero attached hydrogens (tertiary/aromatic N) is 3. The van der Waals surface area contributed by atoms with E-state index in [0.717, 1.165) is 0 Å². The SMILES string of the molecule is COC(=O)C1CN(c2nc(OC)cc(OC)n2)CCO1. The number of anilines is 1. The molecule has 0 bridgehead atoms. The van der Waals surface area contributed by atoms with Gasteiger partial charge in [-0.15, -0.1) is 0 Å². The molecule has 1 aliphatic rings. The average molecular weight is 283 g/mol. The number of aromatic nitrogens is 2. The zero-order chi connectivity index (χ0) is 14.5. The van der Waals surface area contributed by atoms with Crippen molar-refractivity contribution in [3.8, 4) is 11.8 Å². The molecular weight excluding hydrogens is 266 g/mol. The van der Waals surface area contributed by atoms with E-state index in [0.29, 0.717) is 37.4 Å². The Bertz CT molecular complexity index is 460. The lowest BCUT2D eigenvalue weighted by Gasteiger charge is -2.31. The summed E-state index contributed by atoms with van der Waals surface area (Å²) >= 11 is 0. The number of carbonyl (C=O) groups excluding carboxylic acids is 1. The fraction of sp³-hybridized carbons (Fsp3) is 0.583. The van der Waals surface area contributed by atoms with Crippen molar-refractivity contribution in [2.24, 2.45) is 0 Å². The molecule has 8 heteroatoms. The van der Waals surface area contributed by atoms with Gasteiger partial charge in [-0.25, -0.2) is 4.79 Å². The van der Waals surface area contributed by atoms with Crippen LogP contribution in [0.5, 0.6) is 11.8 Å². The van der Waals surface area contributed by atoms with E-state index in [1.165, 1.54) is 21.3 Å². The van der Waals surface area contributed by atoms with E-state index in [9.17, 15) is 4.79 Å². The quantitative estimate of drug-likeness (QED) is 0.707. The van der Waals surface area contributed by atoms with Gasteiger partial charge in [-0.2, -0.15) is 9.97 Å². The topological polar surface area (TPSA) is 83.0 Å². The van der Waals surface area contributed by atoms with E-state index in [1.54, 1.807) is 6.07 Å². The highest BCUT2D eigenvalue weighted by Crippen LogP contribution is 2.21. The first-order chi connectivity index (χ1) is 9.67. The van der Waals surface area contributed by atoms with Gasteiger partial charge in [0.1, 0.15) is 0 Å². The smallest absolute Gasteiger partial charge is 0.336 e. The Kier molecular flexibility index (Phi) is 4.57. The Morgan fingerprint density at radius 2 is 1.95 bits per heavy atom. The van der Waals surface area contributed by atoms with E-state index in [2.05, 4.69) is 14.7 Å². The number of hydrogen-bond acceptors (Lipinski definition) is 8. The molecule has 1 saturated heterocycles. The van der Waals surface area contributed by atoms with Crippen LogP contribution in [-0.4, -0.2) is 63.1 Å². The van der Waals surface area contributed by atoms with Crippen molar-refractivity contribution in [1.82, 2.24) is 9.97 Å². The third-order valence-electron chi connectivity index (χ3n) is 2.90. The van der Waals surface area contributed by atoms with Crippen molar-refractivity contribution in [2.45, 2.75) is 6.10 Å². The number of rotatable bonds is 4. The first-order valence-corrected chi connectivity index (χ1v) is 6.09. The van der Waals surface area contributed by atoms with Crippen LogP contribution < -0.4 is 14.4 Å². The van der Waals surface area contributed by atoms with E-state index >= 15 is 0 Å². The minimum Gasteiger partial charge on any atom is -0.481 e. The molecule has 0 aromatic carbocycles. The van der Waals surface area contributed by atoms with Crippen molar-refractivity contribution < 1.29 is 23.7 Å². The molecule has 8 nitrogen and oxygen atoms in total. The Hall–Kier alpha value is -2.09. The summed E-state index contributed by atoms with van der Waals surface area (Å²) in [5, 5.41) is 0. The Balaban J connectivity index is 2.19. The number of ether oxygens (including phenoxy) is 4. The lowest BCUT2D eigenvalue weighted by Crippen LogP contribution is -2.47. The van der Waals surface area contributed by atoms with Gasteiger partial charge in [-0.3, -0.25) is 0 Å². The van der Waals surface area contributed by atoms with Gasteiger partial charge in [-0.05, 0) is 0 Å². The predicted octanol–water partition coefficient (Wildman–Crippen LogP) is -0.128. The molecule has 2 heterocycles. The molecule has 0 N–H and O–H groups in total. The maximum atomic E-state index is 11.5. The standard InChI is InChI=1S/C12H17N3O5/c1-17-9-6-10(18-2)14-12(13-9)15-4-5-20-8(7-15)11(16)19-3/h6,8H,4-5,7H2,1-3H3. The van der Waals surface area contributed by atoms with Crippen LogP contribution in [0, 0.1) is 0 Å². The monoisotopic (exact) mass is 283 g/mol. The summed E-state index contributed by atoms with van der Waals surface area (Å²) in [5.74, 6) is 0.809. The molecule has 2 rings (SSSR count). The molecule has 0 saturated carbocycles. The van der Waals surface area contributed by atoms with Crippen LogP contribution in [0.15, 0.2) is 6.07 Å². The van der Waals surface area contributed by atoms with Gasteiger partial charge in [0.15, 0.2) is 6.10 Å². The van der Waals surface area contributed by atoms with E-state index in [-0.39, 0.29) is 0 Å². The first-order valence-electron chi connectivity index (χ1n) is 6.09. The van der Waals surface area contributed by atoms with E-state index in [4.69, 9.17) is 14.2 Å². The van der Waals surface area contributed by atoms with Crippen molar-refractivity contribution in [2.75, 3.05) is 45.9 Å². The second-order valence-electron chi connectivity index (χ2n) is 4.08. The minimum absolute atomic E-state index is 0.322. The Labute approximate surface area is 116 Å². The first kappa shape index (κ1) is 14.3. The molecule has 20 heavy (non-hydrogen) atoms. The van der Waals surface area contributed by atoms with Gasteiger partial charge in [-0.1, -0.05) is 0 Å². The maximum Gasteiger partial charge on any atom is 0.336 e. The van der Waals surface area contributed by atoms with Crippen LogP contribution in [-0.2, 0) is 14.3 Å². The molecule has 1 aliphatic heterocycles. The van der Waals surface area contributed by atoms with Gasteiger partial charge >= 0.3 is 5.97 Å². The zero-order valence-corrected chi connectivity index (χ0v) is 11.7. The summed E-state index contributed by atoms with van der Waals surface area (Å²) < 4.78 is 20.3. The van der Waals surface area contributed by atoms with Crippen molar-refractivity contribution in [1.29, 1.82) is 0 Å². The predicted molar refractivity (Wildman–Crippen MR) is 69.1 cm³/mol. The number of esters is 1. The number of hydrogen-bond donors (Lipinski definition) is 0. The molecule has 1 fully saturated rings. The van der Waals surface area contributed by atoms with Gasteiger partial charge in [0.2, 0.25) is 17.7 Å². The third-order valence-corrected chi connectivity index (χ3v) is 2.90. The highest BCUT2D eigenvalue weighted by molar-refractivity contribution is 5.75. The summed E-state index contributed by atoms with van der Waals surface area (Å²) in [6, 6.07) is 1.59. The summed E-state index contributed by atoms with van der Waals surface area (Å²) in [5.41, 5.74) is 0. The molecule has 1 unspecified atom stereocenters. The molecule has 110 valence electrons. The van der Waals surface area contributed by atoms with Gasteiger partial charge < -0.3 is 23.8 Å². The van der Waals surface area contributed by atoms with Crippen LogP contribution in [0.2, 0.25) is 0 Å². The second kappa shape index (κ2) is 6.38. The number of morpholine rings is 1. The van der Waals surface area contributed by atoms with Crippen LogP contribution in [0.25, 0.3) is 0 Å². The second-order valence-corrected chi connectivity index (χ2v) is 4.08. The molecule has 0 radical (unpaired) electrons. The Morgan fingerprint density at radius 3 is 2.50 bits per heavy atom. The lowest BCUT2D eigenvalue weighted by atomic mass is 10.3. The molecular formula is C12H17N3O5. The largest absolute Gasteiger partial charge is 0.481 e. The van der Waals surface area contributed by atoms with Crippen molar-refractivity contribution in [3.63, 3.8) is 0 Å². The zero-order valence-electron chi connectivity index (χ0n) is 11.7. The summed E-state index contributed by atoms with van der Waals surface area (Å²) in [7, 11) is 4.36. The molecule has 0 aliphatic carbocycles. The number of carbonyl (C=O) groups is 1. The van der Waals surface area contributed by atoms with Gasteiger partial charge in [0, 0.05) is 6.54 Å². The fourth-order valence-corrected chi connectivity index (χ4v) is 1.85. The highest BCUT2D eigenvalue weighted by Gasteiger charge is 2.29. The van der Waals surface area contributed by atoms with Crippen LogP contribution in [0.3, 0.4) is 0 Å². The lowest BCUT2D eigenvalue weighted by molar-refractivity contribution is -0.154. The summed E-state index contributed by atoms with van der Waals surface area (Å²) in [6.07, 6.45) is -0.644. The molecule has 1 aromatic rings. The third kappa shape index (κ3) is 3.08. The fourth-order valence-electron chi connectivity index (χ4n) is 1.85. The van der Waals surface area contributed by atoms with Gasteiger partial charge in [0.25, 0.3) is 0 Å². The number of methoxy groups -OCH3 is 3. The van der Waals surface area contributed by atoms with E-state index < -0.39 is 12.1 Å². The minimum atomic E-state index is -0.644. The molecule has 0 amide bonds. The molecule has 1 atom stereocenters. The van der Waals surface area contributed by atoms with Crippen LogP contribution in [0.4, 0.5) is 5.95 Å². The van der Waals surface area contributed by atoms with Crippen LogP contribution >= 0.6 is 0 Å². The molecule has 1 aromatic heterocycles. The summed E-state index contributed by atoms with van der Waals surface area (Å²) in [4.78, 5) is 21.9. The normalized spacial score (nSPS) is 18.6. The molecule has 0 spiro atoms. The Morgan fingerprint density at radius 1 is 1.30 bits per heavy atom. The van der Waals surface area contributed by atoms with Gasteiger partial charge in [0.05, 0.1) is 40.5 Å². The van der Waals surface area contributed by atoms with E-state index in [1.807, 2.05) is 4.90 Å². The van der Waals surface area contributed by atoms with Crippen LogP contribution in [0.1, 0.15) is 0 Å². The maximum absolute atomic E-state index is 11.5. The highest BCUT2D eigenvalue weighted by atomic mass is 16.6. The van der Waals surface area contributed by atoms with Crippen molar-refractivity contribution in [3.05, 3.63) is 6.07 Å². The average Bonchev–Trinajstić information content (AvgIpc) is 2.53.